The van der Waals surface area contributed by atoms with Crippen LogP contribution in [0.4, 0.5) is 0 Å². The maximum Gasteiger partial charge on any atom is 0.138 e. The van der Waals surface area contributed by atoms with Gasteiger partial charge in [0, 0.05) is 17.8 Å². The zero-order valence-corrected chi connectivity index (χ0v) is 10.8. The molecule has 0 radical (unpaired) electrons. The number of nitrogens with zero attached hydrogens (tertiary/aromatic N) is 3. The molecule has 0 N–H and O–H groups in total. The van der Waals surface area contributed by atoms with E-state index in [0.717, 1.165) is 30.1 Å². The zero-order chi connectivity index (χ0) is 10.7. The van der Waals surface area contributed by atoms with Crippen molar-refractivity contribution in [3.63, 3.8) is 0 Å². The van der Waals surface area contributed by atoms with Gasteiger partial charge in [0.15, 0.2) is 0 Å². The van der Waals surface area contributed by atoms with Crippen LogP contribution in [0.3, 0.4) is 0 Å². The molecule has 3 nitrogen and oxygen atoms in total. The van der Waals surface area contributed by atoms with Gasteiger partial charge in [-0.2, -0.15) is 5.10 Å². The average Bonchev–Trinajstić information content (AvgIpc) is 2.78. The fourth-order valence-corrected chi connectivity index (χ4v) is 3.10. The van der Waals surface area contributed by atoms with E-state index >= 15 is 0 Å². The lowest BCUT2D eigenvalue weighted by atomic mass is 10.0. The minimum atomic E-state index is 0.727. The summed E-state index contributed by atoms with van der Waals surface area (Å²) < 4.78 is 2.06. The Labute approximate surface area is 99.4 Å². The summed E-state index contributed by atoms with van der Waals surface area (Å²) in [6, 6.07) is 0. The molecule has 4 heteroatoms. The van der Waals surface area contributed by atoms with E-state index in [0.29, 0.717) is 0 Å². The van der Waals surface area contributed by atoms with Crippen LogP contribution in [0.25, 0.3) is 0 Å². The van der Waals surface area contributed by atoms with Gasteiger partial charge in [-0.3, -0.25) is 4.68 Å². The van der Waals surface area contributed by atoms with Gasteiger partial charge in [-0.25, -0.2) is 4.98 Å². The van der Waals surface area contributed by atoms with Gasteiger partial charge in [0.25, 0.3) is 0 Å². The molecule has 2 rings (SSSR count). The van der Waals surface area contributed by atoms with E-state index in [4.69, 9.17) is 0 Å². The van der Waals surface area contributed by atoms with Crippen LogP contribution in [-0.4, -0.2) is 19.6 Å². The molecule has 1 aromatic heterocycles. The number of aromatic nitrogens is 3. The van der Waals surface area contributed by atoms with Crippen molar-refractivity contribution in [3.8, 4) is 0 Å². The van der Waals surface area contributed by atoms with Crippen LogP contribution in [0.5, 0.6) is 0 Å². The van der Waals surface area contributed by atoms with Crippen molar-refractivity contribution < 1.29 is 0 Å². The predicted molar refractivity (Wildman–Crippen MR) is 64.1 cm³/mol. The molecule has 0 spiro atoms. The topological polar surface area (TPSA) is 30.7 Å². The SMILES string of the molecule is CCCn1ncnc1CC1CCC(Br)C1. The quantitative estimate of drug-likeness (QED) is 0.789. The Morgan fingerprint density at radius 1 is 1.53 bits per heavy atom. The molecular weight excluding hydrogens is 254 g/mol. The smallest absolute Gasteiger partial charge is 0.138 e. The third kappa shape index (κ3) is 2.80. The van der Waals surface area contributed by atoms with Crippen molar-refractivity contribution in [2.24, 2.45) is 5.92 Å². The van der Waals surface area contributed by atoms with E-state index in [-0.39, 0.29) is 0 Å². The number of alkyl halides is 1. The first-order chi connectivity index (χ1) is 7.29. The molecule has 84 valence electrons. The van der Waals surface area contributed by atoms with Crippen LogP contribution in [0.1, 0.15) is 38.4 Å². The van der Waals surface area contributed by atoms with Crippen LogP contribution < -0.4 is 0 Å². The van der Waals surface area contributed by atoms with Crippen molar-refractivity contribution in [1.29, 1.82) is 0 Å². The Morgan fingerprint density at radius 3 is 3.07 bits per heavy atom. The van der Waals surface area contributed by atoms with Crippen molar-refractivity contribution >= 4 is 15.9 Å². The molecule has 0 aliphatic heterocycles. The second kappa shape index (κ2) is 5.10. The third-order valence-electron chi connectivity index (χ3n) is 3.08. The molecular formula is C11H18BrN3. The van der Waals surface area contributed by atoms with Gasteiger partial charge >= 0.3 is 0 Å². The first-order valence-electron chi connectivity index (χ1n) is 5.80. The molecule has 1 fully saturated rings. The van der Waals surface area contributed by atoms with E-state index in [1.54, 1.807) is 6.33 Å². The Hall–Kier alpha value is -0.380. The van der Waals surface area contributed by atoms with Gasteiger partial charge in [-0.1, -0.05) is 22.9 Å². The molecule has 1 aliphatic carbocycles. The molecule has 2 unspecified atom stereocenters. The number of halogens is 1. The highest BCUT2D eigenvalue weighted by atomic mass is 79.9. The van der Waals surface area contributed by atoms with Crippen molar-refractivity contribution in [2.45, 2.75) is 50.4 Å². The van der Waals surface area contributed by atoms with E-state index in [9.17, 15) is 0 Å². The highest BCUT2D eigenvalue weighted by Crippen LogP contribution is 2.32. The van der Waals surface area contributed by atoms with E-state index in [1.807, 2.05) is 0 Å². The average molecular weight is 272 g/mol. The fourth-order valence-electron chi connectivity index (χ4n) is 2.30. The minimum absolute atomic E-state index is 0.727. The molecule has 1 aliphatic rings. The highest BCUT2D eigenvalue weighted by molar-refractivity contribution is 9.09. The van der Waals surface area contributed by atoms with Crippen LogP contribution in [-0.2, 0) is 13.0 Å². The van der Waals surface area contributed by atoms with Crippen LogP contribution in [0, 0.1) is 5.92 Å². The van der Waals surface area contributed by atoms with Gasteiger partial charge in [-0.05, 0) is 31.6 Å². The summed E-state index contributed by atoms with van der Waals surface area (Å²) >= 11 is 3.69. The van der Waals surface area contributed by atoms with E-state index < -0.39 is 0 Å². The second-order valence-electron chi connectivity index (χ2n) is 4.38. The lowest BCUT2D eigenvalue weighted by Gasteiger charge is -2.09. The second-order valence-corrected chi connectivity index (χ2v) is 5.67. The van der Waals surface area contributed by atoms with Crippen molar-refractivity contribution in [3.05, 3.63) is 12.2 Å². The minimum Gasteiger partial charge on any atom is -0.250 e. The summed E-state index contributed by atoms with van der Waals surface area (Å²) in [6.45, 7) is 3.18. The predicted octanol–water partition coefficient (Wildman–Crippen LogP) is 2.79. The Kier molecular flexibility index (Phi) is 3.78. The maximum absolute atomic E-state index is 4.36. The summed E-state index contributed by atoms with van der Waals surface area (Å²) in [7, 11) is 0. The molecule has 1 heterocycles. The van der Waals surface area contributed by atoms with Crippen molar-refractivity contribution in [2.75, 3.05) is 0 Å². The van der Waals surface area contributed by atoms with Crippen LogP contribution >= 0.6 is 15.9 Å². The summed E-state index contributed by atoms with van der Waals surface area (Å²) in [4.78, 5) is 5.09. The molecule has 1 saturated carbocycles. The molecule has 0 amide bonds. The third-order valence-corrected chi connectivity index (χ3v) is 3.91. The molecule has 0 saturated heterocycles. The van der Waals surface area contributed by atoms with Gasteiger partial charge in [0.1, 0.15) is 12.2 Å². The largest absolute Gasteiger partial charge is 0.250 e. The summed E-state index contributed by atoms with van der Waals surface area (Å²) in [6.07, 6.45) is 7.84. The normalized spacial score (nSPS) is 26.0. The van der Waals surface area contributed by atoms with E-state index in [1.165, 1.54) is 25.1 Å². The van der Waals surface area contributed by atoms with Crippen LogP contribution in [0.15, 0.2) is 6.33 Å². The Balaban J connectivity index is 1.95. The molecule has 0 bridgehead atoms. The standard InChI is InChI=1S/C11H18BrN3/c1-2-5-15-11(13-8-14-15)7-9-3-4-10(12)6-9/h8-10H,2-7H2,1H3. The fraction of sp³-hybridized carbons (Fsp3) is 0.818. The molecule has 1 aromatic rings. The zero-order valence-electron chi connectivity index (χ0n) is 9.19. The number of hydrogen-bond acceptors (Lipinski definition) is 2. The number of hydrogen-bond donors (Lipinski definition) is 0. The first kappa shape index (κ1) is 11.1. The van der Waals surface area contributed by atoms with Gasteiger partial charge in [0.05, 0.1) is 0 Å². The lowest BCUT2D eigenvalue weighted by Crippen LogP contribution is -2.10. The first-order valence-corrected chi connectivity index (χ1v) is 6.72. The Bertz CT molecular complexity index is 311. The highest BCUT2D eigenvalue weighted by Gasteiger charge is 2.24. The lowest BCUT2D eigenvalue weighted by molar-refractivity contribution is 0.490. The Morgan fingerprint density at radius 2 is 2.40 bits per heavy atom. The number of rotatable bonds is 4. The molecule has 15 heavy (non-hydrogen) atoms. The van der Waals surface area contributed by atoms with Crippen LogP contribution in [0.2, 0.25) is 0 Å². The summed E-state index contributed by atoms with van der Waals surface area (Å²) in [5.41, 5.74) is 0. The van der Waals surface area contributed by atoms with Gasteiger partial charge in [0.2, 0.25) is 0 Å². The molecule has 2 atom stereocenters. The number of aryl methyl sites for hydroxylation is 1. The van der Waals surface area contributed by atoms with Gasteiger partial charge < -0.3 is 0 Å². The van der Waals surface area contributed by atoms with E-state index in [2.05, 4.69) is 37.6 Å². The van der Waals surface area contributed by atoms with Crippen molar-refractivity contribution in [1.82, 2.24) is 14.8 Å². The maximum atomic E-state index is 4.36. The monoisotopic (exact) mass is 271 g/mol. The molecule has 0 aromatic carbocycles. The summed E-state index contributed by atoms with van der Waals surface area (Å²) in [5, 5.41) is 4.26. The summed E-state index contributed by atoms with van der Waals surface area (Å²) in [5.74, 6) is 1.97. The van der Waals surface area contributed by atoms with Gasteiger partial charge in [-0.15, -0.1) is 0 Å².